The Bertz CT molecular complexity index is 374. The molecule has 1 aromatic rings. The quantitative estimate of drug-likeness (QED) is 0.761. The number of hydrogen-bond donors (Lipinski definition) is 2. The molecule has 4 heteroatoms. The predicted octanol–water partition coefficient (Wildman–Crippen LogP) is 0.971. The van der Waals surface area contributed by atoms with Crippen LogP contribution < -0.4 is 5.73 Å². The van der Waals surface area contributed by atoms with Gasteiger partial charge in [-0.1, -0.05) is 0 Å². The van der Waals surface area contributed by atoms with Gasteiger partial charge in [0.2, 0.25) is 0 Å². The molecule has 2 rings (SSSR count). The number of aliphatic hydroxyl groups is 1. The van der Waals surface area contributed by atoms with Crippen LogP contribution >= 0.6 is 11.3 Å². The van der Waals surface area contributed by atoms with E-state index in [1.54, 1.807) is 11.3 Å². The fraction of sp³-hybridized carbons (Fsp3) is 0.500. The molecule has 0 bridgehead atoms. The van der Waals surface area contributed by atoms with Crippen LogP contribution in [0.15, 0.2) is 11.4 Å². The van der Waals surface area contributed by atoms with Gasteiger partial charge in [0.1, 0.15) is 6.07 Å². The van der Waals surface area contributed by atoms with Gasteiger partial charge in [-0.2, -0.15) is 5.26 Å². The zero-order valence-electron chi connectivity index (χ0n) is 7.73. The Labute approximate surface area is 86.8 Å². The molecular weight excluding hydrogens is 196 g/mol. The third-order valence-corrected chi connectivity index (χ3v) is 4.07. The summed E-state index contributed by atoms with van der Waals surface area (Å²) in [6, 6.07) is 4.00. The zero-order chi connectivity index (χ0) is 10.2. The van der Waals surface area contributed by atoms with Gasteiger partial charge in [0.25, 0.3) is 0 Å². The number of nitrogens with zero attached hydrogens (tertiary/aromatic N) is 1. The van der Waals surface area contributed by atoms with Crippen molar-refractivity contribution in [1.29, 1.82) is 5.26 Å². The van der Waals surface area contributed by atoms with E-state index in [0.29, 0.717) is 12.1 Å². The lowest BCUT2D eigenvalue weighted by Gasteiger charge is -2.44. The number of aliphatic hydroxyl groups excluding tert-OH is 1. The molecule has 3 N–H and O–H groups in total. The molecule has 74 valence electrons. The van der Waals surface area contributed by atoms with Crippen molar-refractivity contribution in [3.05, 3.63) is 21.9 Å². The Morgan fingerprint density at radius 3 is 2.86 bits per heavy atom. The summed E-state index contributed by atoms with van der Waals surface area (Å²) in [5, 5.41) is 19.9. The topological polar surface area (TPSA) is 70.0 Å². The number of nitrogens with two attached hydrogens (primary N) is 1. The summed E-state index contributed by atoms with van der Waals surface area (Å²) in [6.45, 7) is 0.551. The van der Waals surface area contributed by atoms with Gasteiger partial charge in [0, 0.05) is 22.2 Å². The Hall–Kier alpha value is -0.890. The van der Waals surface area contributed by atoms with E-state index in [2.05, 4.69) is 6.07 Å². The third-order valence-electron chi connectivity index (χ3n) is 2.89. The largest absolute Gasteiger partial charge is 0.393 e. The van der Waals surface area contributed by atoms with Gasteiger partial charge in [0.15, 0.2) is 0 Å². The van der Waals surface area contributed by atoms with E-state index >= 15 is 0 Å². The molecule has 1 aliphatic carbocycles. The highest BCUT2D eigenvalue weighted by Crippen LogP contribution is 2.45. The molecule has 1 fully saturated rings. The second-order valence-corrected chi connectivity index (χ2v) is 4.77. The maximum atomic E-state index is 9.32. The van der Waals surface area contributed by atoms with Crippen LogP contribution in [0.5, 0.6) is 0 Å². The predicted molar refractivity (Wildman–Crippen MR) is 55.0 cm³/mol. The second-order valence-electron chi connectivity index (χ2n) is 3.86. The fourth-order valence-electron chi connectivity index (χ4n) is 1.98. The summed E-state index contributed by atoms with van der Waals surface area (Å²) in [4.78, 5) is 1.14. The molecule has 0 aliphatic heterocycles. The van der Waals surface area contributed by atoms with Crippen molar-refractivity contribution in [2.45, 2.75) is 24.4 Å². The summed E-state index contributed by atoms with van der Waals surface area (Å²) >= 11 is 1.57. The average molecular weight is 208 g/mol. The second kappa shape index (κ2) is 3.35. The summed E-state index contributed by atoms with van der Waals surface area (Å²) in [6.07, 6.45) is 1.25. The highest BCUT2D eigenvalue weighted by molar-refractivity contribution is 7.10. The summed E-state index contributed by atoms with van der Waals surface area (Å²) in [7, 11) is 0. The van der Waals surface area contributed by atoms with Crippen LogP contribution in [0.4, 0.5) is 0 Å². The molecule has 0 atom stereocenters. The summed E-state index contributed by atoms with van der Waals surface area (Å²) < 4.78 is 0. The van der Waals surface area contributed by atoms with Gasteiger partial charge < -0.3 is 10.8 Å². The van der Waals surface area contributed by atoms with E-state index < -0.39 is 0 Å². The Balaban J connectivity index is 2.25. The van der Waals surface area contributed by atoms with Crippen LogP contribution in [0, 0.1) is 11.3 Å². The van der Waals surface area contributed by atoms with Crippen LogP contribution in [0.2, 0.25) is 0 Å². The van der Waals surface area contributed by atoms with Gasteiger partial charge in [-0.15, -0.1) is 11.3 Å². The molecular formula is C10H12N2OS. The van der Waals surface area contributed by atoms with Crippen molar-refractivity contribution in [2.24, 2.45) is 5.73 Å². The highest BCUT2D eigenvalue weighted by atomic mass is 32.1. The van der Waals surface area contributed by atoms with Crippen molar-refractivity contribution >= 4 is 11.3 Å². The lowest BCUT2D eigenvalue weighted by Crippen LogP contribution is -2.49. The lowest BCUT2D eigenvalue weighted by molar-refractivity contribution is 0.0239. The van der Waals surface area contributed by atoms with Crippen LogP contribution in [0.25, 0.3) is 0 Å². The Kier molecular flexibility index (Phi) is 2.31. The zero-order valence-corrected chi connectivity index (χ0v) is 8.55. The first-order valence-electron chi connectivity index (χ1n) is 4.57. The minimum atomic E-state index is -0.216. The smallest absolute Gasteiger partial charge is 0.100 e. The molecule has 0 radical (unpaired) electrons. The van der Waals surface area contributed by atoms with Crippen LogP contribution in [0.3, 0.4) is 0 Å². The normalized spacial score (nSPS) is 30.8. The molecule has 14 heavy (non-hydrogen) atoms. The minimum Gasteiger partial charge on any atom is -0.393 e. The maximum Gasteiger partial charge on any atom is 0.100 e. The van der Waals surface area contributed by atoms with E-state index in [1.165, 1.54) is 0 Å². The first-order chi connectivity index (χ1) is 6.70. The van der Waals surface area contributed by atoms with E-state index in [1.807, 2.05) is 11.4 Å². The number of hydrogen-bond acceptors (Lipinski definition) is 4. The van der Waals surface area contributed by atoms with Crippen molar-refractivity contribution < 1.29 is 5.11 Å². The fourth-order valence-corrected chi connectivity index (χ4v) is 3.05. The van der Waals surface area contributed by atoms with Crippen LogP contribution in [-0.4, -0.2) is 17.8 Å². The molecule has 1 aromatic heterocycles. The molecule has 0 spiro atoms. The van der Waals surface area contributed by atoms with Crippen molar-refractivity contribution in [3.8, 4) is 6.07 Å². The molecule has 1 saturated carbocycles. The monoisotopic (exact) mass is 208 g/mol. The maximum absolute atomic E-state index is 9.32. The van der Waals surface area contributed by atoms with Gasteiger partial charge in [-0.25, -0.2) is 0 Å². The van der Waals surface area contributed by atoms with Crippen molar-refractivity contribution in [2.75, 3.05) is 6.54 Å². The van der Waals surface area contributed by atoms with E-state index in [4.69, 9.17) is 11.0 Å². The molecule has 1 aliphatic rings. The number of nitriles is 1. The van der Waals surface area contributed by atoms with Gasteiger partial charge in [-0.05, 0) is 18.9 Å². The SMILES string of the molecule is N#Cc1csc(C2(CN)CC(O)C2)c1. The first kappa shape index (κ1) is 9.66. The van der Waals surface area contributed by atoms with Crippen molar-refractivity contribution in [3.63, 3.8) is 0 Å². The first-order valence-corrected chi connectivity index (χ1v) is 5.45. The number of rotatable bonds is 2. The van der Waals surface area contributed by atoms with E-state index in [9.17, 15) is 5.11 Å². The Morgan fingerprint density at radius 1 is 1.71 bits per heavy atom. The molecule has 1 heterocycles. The Morgan fingerprint density at radius 2 is 2.43 bits per heavy atom. The molecule has 3 nitrogen and oxygen atoms in total. The molecule has 0 aromatic carbocycles. The molecule has 0 unspecified atom stereocenters. The standard InChI is InChI=1S/C10H12N2OS/c11-4-7-1-9(14-5-7)10(6-12)2-8(13)3-10/h1,5,8,13H,2-3,6,12H2. The van der Waals surface area contributed by atoms with Crippen LogP contribution in [-0.2, 0) is 5.41 Å². The number of thiophene rings is 1. The summed E-state index contributed by atoms with van der Waals surface area (Å²) in [5.74, 6) is 0. The van der Waals surface area contributed by atoms with E-state index in [0.717, 1.165) is 17.7 Å². The van der Waals surface area contributed by atoms with Gasteiger partial charge in [-0.3, -0.25) is 0 Å². The average Bonchev–Trinajstić information content (AvgIpc) is 2.61. The van der Waals surface area contributed by atoms with Crippen molar-refractivity contribution in [1.82, 2.24) is 0 Å². The lowest BCUT2D eigenvalue weighted by atomic mass is 9.66. The molecule has 0 saturated heterocycles. The summed E-state index contributed by atoms with van der Waals surface area (Å²) in [5.41, 5.74) is 6.36. The minimum absolute atomic E-state index is 0.0564. The van der Waals surface area contributed by atoms with Gasteiger partial charge in [0.05, 0.1) is 11.7 Å². The molecule has 0 amide bonds. The van der Waals surface area contributed by atoms with E-state index in [-0.39, 0.29) is 11.5 Å². The van der Waals surface area contributed by atoms with Crippen LogP contribution in [0.1, 0.15) is 23.3 Å². The van der Waals surface area contributed by atoms with Gasteiger partial charge >= 0.3 is 0 Å². The highest BCUT2D eigenvalue weighted by Gasteiger charge is 2.44. The third kappa shape index (κ3) is 1.34.